The second kappa shape index (κ2) is 4.78. The van der Waals surface area contributed by atoms with Crippen molar-refractivity contribution in [1.29, 1.82) is 0 Å². The topological polar surface area (TPSA) is 33.1 Å². The summed E-state index contributed by atoms with van der Waals surface area (Å²) in [5, 5.41) is 3.38. The molecule has 0 radical (unpaired) electrons. The van der Waals surface area contributed by atoms with Crippen LogP contribution in [-0.4, -0.2) is 40.1 Å². The SMILES string of the molecule is CC(Cn1cnc2c1CCNC2)N1CCCC1. The number of hydrogen-bond acceptors (Lipinski definition) is 3. The standard InChI is InChI=1S/C13H22N4/c1-11(16-6-2-3-7-16)9-17-10-15-12-8-14-5-4-13(12)17/h10-11,14H,2-9H2,1H3. The molecule has 0 aromatic carbocycles. The molecule has 94 valence electrons. The van der Waals surface area contributed by atoms with Gasteiger partial charge in [-0.3, -0.25) is 4.90 Å². The van der Waals surface area contributed by atoms with Gasteiger partial charge in [0, 0.05) is 37.8 Å². The molecule has 4 nitrogen and oxygen atoms in total. The average Bonchev–Trinajstić information content (AvgIpc) is 2.98. The van der Waals surface area contributed by atoms with E-state index in [1.165, 1.54) is 37.3 Å². The van der Waals surface area contributed by atoms with Gasteiger partial charge < -0.3 is 9.88 Å². The minimum atomic E-state index is 0.644. The first kappa shape index (κ1) is 11.2. The summed E-state index contributed by atoms with van der Waals surface area (Å²) >= 11 is 0. The largest absolute Gasteiger partial charge is 0.333 e. The molecule has 1 aromatic rings. The van der Waals surface area contributed by atoms with Crippen LogP contribution >= 0.6 is 0 Å². The molecule has 0 amide bonds. The molecule has 0 bridgehead atoms. The van der Waals surface area contributed by atoms with Crippen molar-refractivity contribution in [3.8, 4) is 0 Å². The van der Waals surface area contributed by atoms with Crippen LogP contribution in [0.5, 0.6) is 0 Å². The van der Waals surface area contributed by atoms with Gasteiger partial charge in [0.05, 0.1) is 12.0 Å². The molecule has 2 aliphatic heterocycles. The third kappa shape index (κ3) is 2.24. The van der Waals surface area contributed by atoms with Gasteiger partial charge in [-0.1, -0.05) is 0 Å². The Bertz CT molecular complexity index is 379. The summed E-state index contributed by atoms with van der Waals surface area (Å²) < 4.78 is 2.37. The van der Waals surface area contributed by atoms with Crippen molar-refractivity contribution in [1.82, 2.24) is 19.8 Å². The van der Waals surface area contributed by atoms with Crippen LogP contribution in [0.1, 0.15) is 31.2 Å². The van der Waals surface area contributed by atoms with E-state index in [0.29, 0.717) is 6.04 Å². The van der Waals surface area contributed by atoms with Crippen molar-refractivity contribution >= 4 is 0 Å². The first-order valence-corrected chi connectivity index (χ1v) is 6.82. The molecule has 1 fully saturated rings. The van der Waals surface area contributed by atoms with E-state index in [0.717, 1.165) is 26.1 Å². The molecule has 4 heteroatoms. The van der Waals surface area contributed by atoms with Gasteiger partial charge in [-0.25, -0.2) is 4.98 Å². The Labute approximate surface area is 103 Å². The number of fused-ring (bicyclic) bond motifs is 1. The van der Waals surface area contributed by atoms with E-state index in [-0.39, 0.29) is 0 Å². The summed E-state index contributed by atoms with van der Waals surface area (Å²) in [5.41, 5.74) is 2.71. The fourth-order valence-electron chi connectivity index (χ4n) is 3.04. The maximum absolute atomic E-state index is 4.52. The van der Waals surface area contributed by atoms with Crippen molar-refractivity contribution in [3.05, 3.63) is 17.7 Å². The molecule has 1 unspecified atom stereocenters. The summed E-state index contributed by atoms with van der Waals surface area (Å²) in [5.74, 6) is 0. The molecular weight excluding hydrogens is 212 g/mol. The zero-order chi connectivity index (χ0) is 11.7. The molecule has 1 atom stereocenters. The summed E-state index contributed by atoms with van der Waals surface area (Å²) in [6, 6.07) is 0.644. The van der Waals surface area contributed by atoms with E-state index in [9.17, 15) is 0 Å². The summed E-state index contributed by atoms with van der Waals surface area (Å²) in [6.07, 6.45) is 5.90. The molecule has 0 aliphatic carbocycles. The number of hydrogen-bond donors (Lipinski definition) is 1. The van der Waals surface area contributed by atoms with E-state index in [2.05, 4.69) is 26.7 Å². The van der Waals surface area contributed by atoms with Crippen LogP contribution in [0.15, 0.2) is 6.33 Å². The highest BCUT2D eigenvalue weighted by molar-refractivity contribution is 5.16. The molecule has 1 N–H and O–H groups in total. The van der Waals surface area contributed by atoms with Crippen molar-refractivity contribution in [3.63, 3.8) is 0 Å². The fraction of sp³-hybridized carbons (Fsp3) is 0.769. The van der Waals surface area contributed by atoms with E-state index >= 15 is 0 Å². The molecule has 3 rings (SSSR count). The molecule has 1 aromatic heterocycles. The lowest BCUT2D eigenvalue weighted by Crippen LogP contribution is -2.34. The highest BCUT2D eigenvalue weighted by Crippen LogP contribution is 2.16. The zero-order valence-electron chi connectivity index (χ0n) is 10.7. The third-order valence-electron chi connectivity index (χ3n) is 4.09. The van der Waals surface area contributed by atoms with E-state index in [4.69, 9.17) is 0 Å². The fourth-order valence-corrected chi connectivity index (χ4v) is 3.04. The van der Waals surface area contributed by atoms with Gasteiger partial charge in [0.2, 0.25) is 0 Å². The number of nitrogens with zero attached hydrogens (tertiary/aromatic N) is 3. The Morgan fingerprint density at radius 3 is 3.06 bits per heavy atom. The van der Waals surface area contributed by atoms with E-state index in [1.54, 1.807) is 0 Å². The maximum Gasteiger partial charge on any atom is 0.0952 e. The predicted molar refractivity (Wildman–Crippen MR) is 67.9 cm³/mol. The molecular formula is C13H22N4. The molecule has 3 heterocycles. The predicted octanol–water partition coefficient (Wildman–Crippen LogP) is 1.01. The average molecular weight is 234 g/mol. The quantitative estimate of drug-likeness (QED) is 0.847. The maximum atomic E-state index is 4.52. The van der Waals surface area contributed by atoms with Crippen molar-refractivity contribution in [2.45, 2.75) is 45.3 Å². The van der Waals surface area contributed by atoms with Crippen molar-refractivity contribution < 1.29 is 0 Å². The minimum absolute atomic E-state index is 0.644. The van der Waals surface area contributed by atoms with Crippen LogP contribution in [0.3, 0.4) is 0 Å². The Morgan fingerprint density at radius 1 is 1.41 bits per heavy atom. The number of aromatic nitrogens is 2. The minimum Gasteiger partial charge on any atom is -0.333 e. The summed E-state index contributed by atoms with van der Waals surface area (Å²) in [7, 11) is 0. The number of imidazole rings is 1. The van der Waals surface area contributed by atoms with Gasteiger partial charge in [0.15, 0.2) is 0 Å². The number of nitrogens with one attached hydrogen (secondary N) is 1. The van der Waals surface area contributed by atoms with Crippen LogP contribution in [0.25, 0.3) is 0 Å². The van der Waals surface area contributed by atoms with Crippen LogP contribution in [-0.2, 0) is 19.5 Å². The van der Waals surface area contributed by atoms with Gasteiger partial charge in [0.25, 0.3) is 0 Å². The van der Waals surface area contributed by atoms with Crippen LogP contribution < -0.4 is 5.32 Å². The second-order valence-corrected chi connectivity index (χ2v) is 5.31. The Hall–Kier alpha value is -0.870. The van der Waals surface area contributed by atoms with Gasteiger partial charge >= 0.3 is 0 Å². The molecule has 17 heavy (non-hydrogen) atoms. The van der Waals surface area contributed by atoms with Gasteiger partial charge in [0.1, 0.15) is 0 Å². The first-order chi connectivity index (χ1) is 8.34. The Balaban J connectivity index is 1.69. The highest BCUT2D eigenvalue weighted by atomic mass is 15.2. The van der Waals surface area contributed by atoms with Crippen molar-refractivity contribution in [2.75, 3.05) is 19.6 Å². The first-order valence-electron chi connectivity index (χ1n) is 6.82. The van der Waals surface area contributed by atoms with Gasteiger partial charge in [-0.2, -0.15) is 0 Å². The Kier molecular flexibility index (Phi) is 3.16. The molecule has 2 aliphatic rings. The smallest absolute Gasteiger partial charge is 0.0952 e. The Morgan fingerprint density at radius 2 is 2.24 bits per heavy atom. The summed E-state index contributed by atoms with van der Waals surface area (Å²) in [4.78, 5) is 7.12. The lowest BCUT2D eigenvalue weighted by Gasteiger charge is -2.25. The second-order valence-electron chi connectivity index (χ2n) is 5.31. The van der Waals surface area contributed by atoms with Crippen molar-refractivity contribution in [2.24, 2.45) is 0 Å². The van der Waals surface area contributed by atoms with Crippen LogP contribution in [0, 0.1) is 0 Å². The zero-order valence-corrected chi connectivity index (χ0v) is 10.7. The van der Waals surface area contributed by atoms with Crippen LogP contribution in [0.2, 0.25) is 0 Å². The highest BCUT2D eigenvalue weighted by Gasteiger charge is 2.21. The number of likely N-dealkylation sites (tertiary alicyclic amines) is 1. The monoisotopic (exact) mass is 234 g/mol. The van der Waals surface area contributed by atoms with E-state index < -0.39 is 0 Å². The number of rotatable bonds is 3. The van der Waals surface area contributed by atoms with Crippen LogP contribution in [0.4, 0.5) is 0 Å². The lowest BCUT2D eigenvalue weighted by atomic mass is 10.1. The van der Waals surface area contributed by atoms with Gasteiger partial charge in [-0.15, -0.1) is 0 Å². The third-order valence-corrected chi connectivity index (χ3v) is 4.09. The molecule has 0 spiro atoms. The van der Waals surface area contributed by atoms with E-state index in [1.807, 2.05) is 6.33 Å². The molecule has 0 saturated carbocycles. The normalized spacial score (nSPS) is 22.6. The van der Waals surface area contributed by atoms with Gasteiger partial charge in [-0.05, 0) is 32.9 Å². The summed E-state index contributed by atoms with van der Waals surface area (Å²) in [6.45, 7) is 8.04. The molecule has 1 saturated heterocycles. The lowest BCUT2D eigenvalue weighted by molar-refractivity contribution is 0.234.